The molecular weight excluding hydrogens is 272 g/mol. The maximum atomic E-state index is 11.5. The minimum absolute atomic E-state index is 0.295. The molecule has 1 saturated heterocycles. The van der Waals surface area contributed by atoms with E-state index < -0.39 is 22.0 Å². The number of ether oxygens (including phenoxy) is 1. The molecule has 1 aliphatic heterocycles. The van der Waals surface area contributed by atoms with Gasteiger partial charge >= 0.3 is 0 Å². The number of benzene rings is 1. The summed E-state index contributed by atoms with van der Waals surface area (Å²) in [6.45, 7) is 0. The van der Waals surface area contributed by atoms with E-state index >= 15 is 0 Å². The predicted octanol–water partition coefficient (Wildman–Crippen LogP) is 0.341. The zero-order chi connectivity index (χ0) is 14.0. The summed E-state index contributed by atoms with van der Waals surface area (Å²) < 4.78 is 28.0. The molecule has 0 amide bonds. The third kappa shape index (κ3) is 2.85. The lowest BCUT2D eigenvalue weighted by Gasteiger charge is -2.24. The predicted molar refractivity (Wildman–Crippen MR) is 69.7 cm³/mol. The van der Waals surface area contributed by atoms with Gasteiger partial charge in [0.2, 0.25) is 0 Å². The van der Waals surface area contributed by atoms with Crippen LogP contribution in [-0.4, -0.2) is 44.3 Å². The number of anilines is 1. The van der Waals surface area contributed by atoms with Crippen LogP contribution in [0.15, 0.2) is 29.6 Å². The summed E-state index contributed by atoms with van der Waals surface area (Å²) in [7, 11) is -1.87. The molecule has 1 aromatic rings. The van der Waals surface area contributed by atoms with Crippen molar-refractivity contribution in [1.82, 2.24) is 0 Å². The van der Waals surface area contributed by atoms with E-state index in [1.165, 1.54) is 7.11 Å². The van der Waals surface area contributed by atoms with Gasteiger partial charge in [0.25, 0.3) is 0 Å². The van der Waals surface area contributed by atoms with Crippen LogP contribution in [0.2, 0.25) is 0 Å². The molecule has 1 aromatic carbocycles. The fraction of sp³-hybridized carbons (Fsp3) is 0.455. The Bertz CT molecular complexity index is 574. The molecule has 1 N–H and O–H groups in total. The number of nitroso groups, excluding NO2 is 1. The zero-order valence-electron chi connectivity index (χ0n) is 10.3. The molecular formula is C11H14N2O5S. The number of methoxy groups -OCH3 is 1. The second-order valence-corrected chi connectivity index (χ2v) is 6.49. The quantitative estimate of drug-likeness (QED) is 0.633. The lowest BCUT2D eigenvalue weighted by Crippen LogP contribution is -2.39. The number of nitrogens with zero attached hydrogens (tertiary/aromatic N) is 2. The first kappa shape index (κ1) is 13.8. The molecule has 1 aliphatic rings. The van der Waals surface area contributed by atoms with Crippen molar-refractivity contribution in [2.75, 3.05) is 23.6 Å². The maximum absolute atomic E-state index is 11.5. The zero-order valence-corrected chi connectivity index (χ0v) is 11.1. The number of aliphatic hydroxyl groups is 1. The van der Waals surface area contributed by atoms with Gasteiger partial charge in [0, 0.05) is 6.07 Å². The van der Waals surface area contributed by atoms with Crippen LogP contribution in [0, 0.1) is 4.91 Å². The van der Waals surface area contributed by atoms with Gasteiger partial charge in [0.15, 0.2) is 9.84 Å². The normalized spacial score (nSPS) is 24.9. The molecule has 2 atom stereocenters. The third-order valence-electron chi connectivity index (χ3n) is 3.01. The van der Waals surface area contributed by atoms with Gasteiger partial charge in [-0.1, -0.05) is 6.07 Å². The molecule has 0 aromatic heterocycles. The van der Waals surface area contributed by atoms with E-state index in [-0.39, 0.29) is 11.5 Å². The fourth-order valence-corrected chi connectivity index (χ4v) is 3.86. The third-order valence-corrected chi connectivity index (χ3v) is 4.71. The van der Waals surface area contributed by atoms with E-state index in [0.29, 0.717) is 11.4 Å². The lowest BCUT2D eigenvalue weighted by molar-refractivity contribution is 0.178. The molecule has 2 rings (SSSR count). The molecule has 0 spiro atoms. The molecule has 7 nitrogen and oxygen atoms in total. The Labute approximate surface area is 110 Å². The molecule has 0 bridgehead atoms. The summed E-state index contributed by atoms with van der Waals surface area (Å²) in [5.74, 6) is -0.133. The van der Waals surface area contributed by atoms with Gasteiger partial charge in [0.05, 0.1) is 41.7 Å². The van der Waals surface area contributed by atoms with E-state index in [1.807, 2.05) is 0 Å². The standard InChI is InChI=1S/C11H14N2O5S/c1-18-9-4-2-3-8(5-9)13(12-15)10-6-19(16,17)7-11(10)14/h2-5,10-11,14H,6-7H2,1H3. The number of rotatable bonds is 4. The summed E-state index contributed by atoms with van der Waals surface area (Å²) in [5.41, 5.74) is 0.385. The van der Waals surface area contributed by atoms with Crippen LogP contribution in [-0.2, 0) is 9.84 Å². The second kappa shape index (κ2) is 5.14. The average molecular weight is 286 g/mol. The van der Waals surface area contributed by atoms with Gasteiger partial charge in [-0.2, -0.15) is 0 Å². The van der Waals surface area contributed by atoms with E-state index in [0.717, 1.165) is 5.01 Å². The minimum Gasteiger partial charge on any atom is -0.497 e. The first-order valence-electron chi connectivity index (χ1n) is 5.62. The molecule has 1 heterocycles. The molecule has 0 radical (unpaired) electrons. The van der Waals surface area contributed by atoms with E-state index in [9.17, 15) is 18.4 Å². The van der Waals surface area contributed by atoms with Gasteiger partial charge < -0.3 is 9.84 Å². The monoisotopic (exact) mass is 286 g/mol. The van der Waals surface area contributed by atoms with E-state index in [2.05, 4.69) is 5.29 Å². The Balaban J connectivity index is 2.32. The second-order valence-electron chi connectivity index (χ2n) is 4.34. The van der Waals surface area contributed by atoms with Crippen LogP contribution in [0.1, 0.15) is 0 Å². The Kier molecular flexibility index (Phi) is 3.72. The summed E-state index contributed by atoms with van der Waals surface area (Å²) in [4.78, 5) is 11.0. The van der Waals surface area contributed by atoms with Crippen molar-refractivity contribution >= 4 is 15.5 Å². The SMILES string of the molecule is COc1cccc(N(N=O)C2CS(=O)(=O)CC2O)c1. The van der Waals surface area contributed by atoms with Gasteiger partial charge in [-0.05, 0) is 12.1 Å². The Hall–Kier alpha value is -1.67. The van der Waals surface area contributed by atoms with Crippen molar-refractivity contribution in [1.29, 1.82) is 0 Å². The van der Waals surface area contributed by atoms with Crippen LogP contribution in [0.5, 0.6) is 5.75 Å². The summed E-state index contributed by atoms with van der Waals surface area (Å²) in [5, 5.41) is 13.6. The van der Waals surface area contributed by atoms with Crippen molar-refractivity contribution in [3.8, 4) is 5.75 Å². The Morgan fingerprint density at radius 1 is 1.42 bits per heavy atom. The highest BCUT2D eigenvalue weighted by Crippen LogP contribution is 2.27. The van der Waals surface area contributed by atoms with E-state index in [1.54, 1.807) is 24.3 Å². The molecule has 2 unspecified atom stereocenters. The lowest BCUT2D eigenvalue weighted by atomic mass is 10.2. The molecule has 8 heteroatoms. The summed E-state index contributed by atoms with van der Waals surface area (Å²) in [6.07, 6.45) is -1.13. The maximum Gasteiger partial charge on any atom is 0.155 e. The molecule has 0 aliphatic carbocycles. The number of aliphatic hydroxyl groups excluding tert-OH is 1. The molecule has 1 fully saturated rings. The van der Waals surface area contributed by atoms with E-state index in [4.69, 9.17) is 4.74 Å². The first-order valence-corrected chi connectivity index (χ1v) is 7.44. The molecule has 104 valence electrons. The Morgan fingerprint density at radius 3 is 2.68 bits per heavy atom. The van der Waals surface area contributed by atoms with Crippen LogP contribution >= 0.6 is 0 Å². The average Bonchev–Trinajstić information content (AvgIpc) is 2.64. The molecule has 19 heavy (non-hydrogen) atoms. The summed E-state index contributed by atoms with van der Waals surface area (Å²) in [6, 6.07) is 5.63. The highest BCUT2D eigenvalue weighted by atomic mass is 32.2. The molecule has 0 saturated carbocycles. The largest absolute Gasteiger partial charge is 0.497 e. The Morgan fingerprint density at radius 2 is 2.16 bits per heavy atom. The van der Waals surface area contributed by atoms with Gasteiger partial charge in [-0.3, -0.25) is 0 Å². The first-order chi connectivity index (χ1) is 8.96. The highest BCUT2D eigenvalue weighted by molar-refractivity contribution is 7.91. The number of hydrogen-bond donors (Lipinski definition) is 1. The van der Waals surface area contributed by atoms with Crippen molar-refractivity contribution in [2.45, 2.75) is 12.1 Å². The van der Waals surface area contributed by atoms with Crippen LogP contribution < -0.4 is 9.75 Å². The number of hydrogen-bond acceptors (Lipinski definition) is 6. The van der Waals surface area contributed by atoms with Gasteiger partial charge in [-0.25, -0.2) is 13.4 Å². The van der Waals surface area contributed by atoms with Crippen LogP contribution in [0.25, 0.3) is 0 Å². The minimum atomic E-state index is -3.35. The van der Waals surface area contributed by atoms with Crippen molar-refractivity contribution in [3.05, 3.63) is 29.2 Å². The number of sulfone groups is 1. The van der Waals surface area contributed by atoms with Crippen molar-refractivity contribution in [2.24, 2.45) is 5.29 Å². The van der Waals surface area contributed by atoms with Crippen LogP contribution in [0.4, 0.5) is 5.69 Å². The van der Waals surface area contributed by atoms with Gasteiger partial charge in [0.1, 0.15) is 5.75 Å². The van der Waals surface area contributed by atoms with Crippen molar-refractivity contribution < 1.29 is 18.3 Å². The highest BCUT2D eigenvalue weighted by Gasteiger charge is 2.41. The van der Waals surface area contributed by atoms with Crippen LogP contribution in [0.3, 0.4) is 0 Å². The van der Waals surface area contributed by atoms with Crippen molar-refractivity contribution in [3.63, 3.8) is 0 Å². The topological polar surface area (TPSA) is 96.3 Å². The van der Waals surface area contributed by atoms with Gasteiger partial charge in [-0.15, -0.1) is 4.91 Å². The smallest absolute Gasteiger partial charge is 0.155 e. The summed E-state index contributed by atoms with van der Waals surface area (Å²) >= 11 is 0. The fourth-order valence-electron chi connectivity index (χ4n) is 2.10.